The Morgan fingerprint density at radius 1 is 0.935 bits per heavy atom. The second-order valence-electron chi connectivity index (χ2n) is 7.47. The fourth-order valence-electron chi connectivity index (χ4n) is 3.26. The molecule has 3 rings (SSSR count). The molecule has 1 aliphatic rings. The number of anilines is 2. The van der Waals surface area contributed by atoms with Crippen LogP contribution in [0.4, 0.5) is 24.5 Å². The van der Waals surface area contributed by atoms with Crippen LogP contribution in [0.15, 0.2) is 48.5 Å². The fraction of sp³-hybridized carbons (Fsp3) is 0.364. The lowest BCUT2D eigenvalue weighted by molar-refractivity contribution is -0.185. The number of hydrogen-bond acceptors (Lipinski definition) is 4. The molecule has 0 bridgehead atoms. The van der Waals surface area contributed by atoms with E-state index in [4.69, 9.17) is 4.74 Å². The first kappa shape index (κ1) is 22.5. The van der Waals surface area contributed by atoms with Gasteiger partial charge in [-0.3, -0.25) is 9.59 Å². The number of hydrogen-bond donors (Lipinski definition) is 1. The molecule has 1 saturated heterocycles. The lowest BCUT2D eigenvalue weighted by atomic mass is 10.2. The summed E-state index contributed by atoms with van der Waals surface area (Å²) < 4.78 is 43.2. The predicted molar refractivity (Wildman–Crippen MR) is 111 cm³/mol. The largest absolute Gasteiger partial charge is 0.491 e. The zero-order valence-corrected chi connectivity index (χ0v) is 17.3. The lowest BCUT2D eigenvalue weighted by Gasteiger charge is -2.36. The maximum absolute atomic E-state index is 12.5. The highest BCUT2D eigenvalue weighted by Crippen LogP contribution is 2.23. The molecule has 0 radical (unpaired) electrons. The normalized spacial score (nSPS) is 14.5. The number of ether oxygens (including phenoxy) is 1. The van der Waals surface area contributed by atoms with E-state index in [9.17, 15) is 22.8 Å². The zero-order chi connectivity index (χ0) is 22.6. The molecule has 6 nitrogen and oxygen atoms in total. The Bertz CT molecular complexity index is 904. The van der Waals surface area contributed by atoms with Crippen molar-refractivity contribution < 1.29 is 27.5 Å². The Morgan fingerprint density at radius 3 is 2.03 bits per heavy atom. The van der Waals surface area contributed by atoms with E-state index in [1.165, 1.54) is 0 Å². The van der Waals surface area contributed by atoms with Crippen molar-refractivity contribution in [2.75, 3.05) is 36.4 Å². The van der Waals surface area contributed by atoms with Crippen LogP contribution in [0.2, 0.25) is 0 Å². The molecule has 0 atom stereocenters. The van der Waals surface area contributed by atoms with E-state index >= 15 is 0 Å². The van der Waals surface area contributed by atoms with Gasteiger partial charge in [-0.1, -0.05) is 0 Å². The zero-order valence-electron chi connectivity index (χ0n) is 17.3. The minimum atomic E-state index is -4.84. The molecule has 2 aromatic carbocycles. The first-order valence-electron chi connectivity index (χ1n) is 9.92. The van der Waals surface area contributed by atoms with Crippen LogP contribution < -0.4 is 15.0 Å². The van der Waals surface area contributed by atoms with Crippen molar-refractivity contribution in [3.05, 3.63) is 54.1 Å². The molecular weight excluding hydrogens is 411 g/mol. The third-order valence-electron chi connectivity index (χ3n) is 4.79. The van der Waals surface area contributed by atoms with E-state index < -0.39 is 12.1 Å². The van der Waals surface area contributed by atoms with Crippen molar-refractivity contribution in [2.45, 2.75) is 26.1 Å². The van der Waals surface area contributed by atoms with Crippen LogP contribution in [0.5, 0.6) is 5.75 Å². The first-order chi connectivity index (χ1) is 14.6. The minimum Gasteiger partial charge on any atom is -0.491 e. The number of carbonyl (C=O) groups is 2. The summed E-state index contributed by atoms with van der Waals surface area (Å²) in [5.41, 5.74) is 1.90. The molecule has 0 saturated carbocycles. The average Bonchev–Trinajstić information content (AvgIpc) is 2.73. The van der Waals surface area contributed by atoms with Gasteiger partial charge in [-0.25, -0.2) is 0 Å². The monoisotopic (exact) mass is 435 g/mol. The van der Waals surface area contributed by atoms with Crippen LogP contribution in [-0.4, -0.2) is 55.2 Å². The van der Waals surface area contributed by atoms with E-state index in [2.05, 4.69) is 5.32 Å². The van der Waals surface area contributed by atoms with Gasteiger partial charge in [0.15, 0.2) is 0 Å². The van der Waals surface area contributed by atoms with Gasteiger partial charge < -0.3 is 19.9 Å². The average molecular weight is 435 g/mol. The maximum atomic E-state index is 12.5. The van der Waals surface area contributed by atoms with Gasteiger partial charge >= 0.3 is 12.1 Å². The van der Waals surface area contributed by atoms with Crippen molar-refractivity contribution >= 4 is 23.2 Å². The lowest BCUT2D eigenvalue weighted by Crippen LogP contribution is -2.52. The Labute approximate surface area is 178 Å². The first-order valence-corrected chi connectivity index (χ1v) is 9.92. The number of piperazine rings is 1. The van der Waals surface area contributed by atoms with Gasteiger partial charge in [0.05, 0.1) is 6.10 Å². The molecule has 0 spiro atoms. The van der Waals surface area contributed by atoms with Crippen LogP contribution in [0.3, 0.4) is 0 Å². The van der Waals surface area contributed by atoms with Crippen molar-refractivity contribution in [3.8, 4) is 5.75 Å². The molecule has 1 heterocycles. The van der Waals surface area contributed by atoms with Crippen molar-refractivity contribution in [2.24, 2.45) is 0 Å². The topological polar surface area (TPSA) is 61.9 Å². The third-order valence-corrected chi connectivity index (χ3v) is 4.79. The smallest absolute Gasteiger partial charge is 0.471 e. The molecule has 0 unspecified atom stereocenters. The minimum absolute atomic E-state index is 0.00729. The van der Waals surface area contributed by atoms with Crippen LogP contribution in [0.1, 0.15) is 24.2 Å². The van der Waals surface area contributed by atoms with Gasteiger partial charge in [0.25, 0.3) is 5.91 Å². The Balaban J connectivity index is 1.55. The summed E-state index contributed by atoms with van der Waals surface area (Å²) in [4.78, 5) is 26.5. The standard InChI is InChI=1S/C22H24F3N3O3/c1-15(2)31-19-9-3-16(4-10-19)20(29)26-17-5-7-18(8-6-17)27-11-13-28(14-12-27)21(30)22(23,24)25/h3-10,15H,11-14H2,1-2H3,(H,26,29). The summed E-state index contributed by atoms with van der Waals surface area (Å²) in [5, 5.41) is 2.81. The molecule has 1 N–H and O–H groups in total. The molecular formula is C22H24F3N3O3. The number of nitrogens with one attached hydrogen (secondary N) is 1. The second-order valence-corrected chi connectivity index (χ2v) is 7.47. The summed E-state index contributed by atoms with van der Waals surface area (Å²) in [6.07, 6.45) is -4.80. The highest BCUT2D eigenvalue weighted by atomic mass is 19.4. The van der Waals surface area contributed by atoms with Gasteiger partial charge in [0.1, 0.15) is 5.75 Å². The summed E-state index contributed by atoms with van der Waals surface area (Å²) >= 11 is 0. The van der Waals surface area contributed by atoms with Crippen molar-refractivity contribution in [1.82, 2.24) is 4.90 Å². The van der Waals surface area contributed by atoms with Crippen LogP contribution in [-0.2, 0) is 4.79 Å². The van der Waals surface area contributed by atoms with E-state index in [1.54, 1.807) is 48.5 Å². The van der Waals surface area contributed by atoms with E-state index in [0.717, 1.165) is 10.6 Å². The number of benzene rings is 2. The number of amides is 2. The SMILES string of the molecule is CC(C)Oc1ccc(C(=O)Nc2ccc(N3CCN(C(=O)C(F)(F)F)CC3)cc2)cc1. The fourth-order valence-corrected chi connectivity index (χ4v) is 3.26. The van der Waals surface area contributed by atoms with Crippen LogP contribution >= 0.6 is 0 Å². The Kier molecular flexibility index (Phi) is 6.72. The molecule has 9 heteroatoms. The highest BCUT2D eigenvalue weighted by Gasteiger charge is 2.43. The van der Waals surface area contributed by atoms with Gasteiger partial charge in [-0.2, -0.15) is 13.2 Å². The quantitative estimate of drug-likeness (QED) is 0.773. The maximum Gasteiger partial charge on any atom is 0.471 e. The second kappa shape index (κ2) is 9.28. The summed E-state index contributed by atoms with van der Waals surface area (Å²) in [6.45, 7) is 4.47. The number of halogens is 3. The highest BCUT2D eigenvalue weighted by molar-refractivity contribution is 6.04. The third kappa shape index (κ3) is 5.90. The summed E-state index contributed by atoms with van der Waals surface area (Å²) in [6, 6.07) is 13.9. The molecule has 166 valence electrons. The van der Waals surface area contributed by atoms with Crippen molar-refractivity contribution in [3.63, 3.8) is 0 Å². The Morgan fingerprint density at radius 2 is 1.52 bits per heavy atom. The molecule has 2 amide bonds. The molecule has 31 heavy (non-hydrogen) atoms. The van der Waals surface area contributed by atoms with Gasteiger partial charge in [0.2, 0.25) is 0 Å². The van der Waals surface area contributed by atoms with E-state index in [0.29, 0.717) is 30.1 Å². The number of carbonyl (C=O) groups excluding carboxylic acids is 2. The van der Waals surface area contributed by atoms with Crippen LogP contribution in [0, 0.1) is 0 Å². The number of rotatable bonds is 5. The van der Waals surface area contributed by atoms with E-state index in [-0.39, 0.29) is 25.1 Å². The van der Waals surface area contributed by atoms with Gasteiger partial charge in [-0.05, 0) is 62.4 Å². The van der Waals surface area contributed by atoms with Crippen LogP contribution in [0.25, 0.3) is 0 Å². The Hall–Kier alpha value is -3.23. The molecule has 0 aliphatic carbocycles. The summed E-state index contributed by atoms with van der Waals surface area (Å²) in [7, 11) is 0. The molecule has 1 aliphatic heterocycles. The number of alkyl halides is 3. The summed E-state index contributed by atoms with van der Waals surface area (Å²) in [5.74, 6) is -1.37. The number of nitrogens with zero attached hydrogens (tertiary/aromatic N) is 2. The molecule has 2 aromatic rings. The van der Waals surface area contributed by atoms with Gasteiger partial charge in [0, 0.05) is 43.1 Å². The van der Waals surface area contributed by atoms with E-state index in [1.807, 2.05) is 18.7 Å². The van der Waals surface area contributed by atoms with Crippen molar-refractivity contribution in [1.29, 1.82) is 0 Å². The van der Waals surface area contributed by atoms with Gasteiger partial charge in [-0.15, -0.1) is 0 Å². The predicted octanol–water partition coefficient (Wildman–Crippen LogP) is 3.94. The molecule has 1 fully saturated rings. The molecule has 0 aromatic heterocycles.